The first-order valence-electron chi connectivity index (χ1n) is 9.23. The highest BCUT2D eigenvalue weighted by atomic mass is 127. The molecule has 0 aromatic heterocycles. The summed E-state index contributed by atoms with van der Waals surface area (Å²) in [6, 6.07) is 8.49. The molecule has 0 aliphatic carbocycles. The predicted molar refractivity (Wildman–Crippen MR) is 118 cm³/mol. The van der Waals surface area contributed by atoms with E-state index in [1.54, 1.807) is 0 Å². The monoisotopic (exact) mass is 476 g/mol. The molecule has 1 heterocycles. The molecule has 0 bridgehead atoms. The van der Waals surface area contributed by atoms with Crippen molar-refractivity contribution in [1.29, 1.82) is 0 Å². The Bertz CT molecular complexity index is 536. The fourth-order valence-electron chi connectivity index (χ4n) is 2.75. The molecule has 1 aromatic carbocycles. The third-order valence-corrected chi connectivity index (χ3v) is 4.27. The topological polar surface area (TPSA) is 58.1 Å². The van der Waals surface area contributed by atoms with E-state index in [2.05, 4.69) is 42.4 Å². The number of hydrogen-bond donors (Lipinski definition) is 2. The van der Waals surface area contributed by atoms with Gasteiger partial charge in [0.15, 0.2) is 5.96 Å². The summed E-state index contributed by atoms with van der Waals surface area (Å²) in [7, 11) is 0. The minimum atomic E-state index is 0. The Kier molecular flexibility index (Phi) is 11.6. The number of nitrogens with one attached hydrogen (secondary N) is 2. The van der Waals surface area contributed by atoms with E-state index in [1.807, 2.05) is 18.2 Å². The lowest BCUT2D eigenvalue weighted by atomic mass is 10.2. The van der Waals surface area contributed by atoms with Crippen molar-refractivity contribution in [1.82, 2.24) is 15.5 Å². The maximum atomic E-state index is 5.82. The average molecular weight is 476 g/mol. The van der Waals surface area contributed by atoms with Crippen LogP contribution in [0, 0.1) is 6.92 Å². The van der Waals surface area contributed by atoms with Gasteiger partial charge in [0.05, 0.1) is 26.3 Å². The van der Waals surface area contributed by atoms with Gasteiger partial charge in [-0.1, -0.05) is 18.2 Å². The Labute approximate surface area is 174 Å². The van der Waals surface area contributed by atoms with Crippen LogP contribution in [0.15, 0.2) is 29.3 Å². The first-order valence-corrected chi connectivity index (χ1v) is 9.23. The van der Waals surface area contributed by atoms with Gasteiger partial charge in [-0.15, -0.1) is 24.0 Å². The molecule has 0 radical (unpaired) electrons. The molecule has 0 saturated carbocycles. The van der Waals surface area contributed by atoms with Crippen LogP contribution in [0.3, 0.4) is 0 Å². The Hall–Kier alpha value is -1.06. The summed E-state index contributed by atoms with van der Waals surface area (Å²) in [5, 5.41) is 6.63. The van der Waals surface area contributed by atoms with Crippen LogP contribution in [-0.4, -0.2) is 69.4 Å². The highest BCUT2D eigenvalue weighted by Gasteiger charge is 2.16. The van der Waals surface area contributed by atoms with E-state index >= 15 is 0 Å². The predicted octanol–water partition coefficient (Wildman–Crippen LogP) is 2.27. The van der Waals surface area contributed by atoms with Gasteiger partial charge in [0, 0.05) is 25.7 Å². The summed E-state index contributed by atoms with van der Waals surface area (Å²) in [5.41, 5.74) is 1.16. The van der Waals surface area contributed by atoms with Gasteiger partial charge in [-0.2, -0.15) is 0 Å². The Balaban J connectivity index is 0.00000338. The number of para-hydroxylation sites is 1. The van der Waals surface area contributed by atoms with Gasteiger partial charge in [-0.3, -0.25) is 9.89 Å². The zero-order valence-corrected chi connectivity index (χ0v) is 18.5. The van der Waals surface area contributed by atoms with Crippen molar-refractivity contribution in [2.24, 2.45) is 4.99 Å². The fourth-order valence-corrected chi connectivity index (χ4v) is 2.75. The van der Waals surface area contributed by atoms with Crippen LogP contribution in [0.5, 0.6) is 5.75 Å². The molecule has 2 rings (SSSR count). The number of aliphatic imine (C=N–C) groups is 1. The smallest absolute Gasteiger partial charge is 0.191 e. The summed E-state index contributed by atoms with van der Waals surface area (Å²) in [4.78, 5) is 7.14. The number of halogens is 1. The summed E-state index contributed by atoms with van der Waals surface area (Å²) < 4.78 is 11.2. The number of ether oxygens (including phenoxy) is 2. The molecular formula is C19H33IN4O2. The molecule has 1 aliphatic heterocycles. The van der Waals surface area contributed by atoms with E-state index in [1.165, 1.54) is 0 Å². The average Bonchev–Trinajstić information content (AvgIpc) is 2.65. The van der Waals surface area contributed by atoms with Gasteiger partial charge in [-0.05, 0) is 32.4 Å². The summed E-state index contributed by atoms with van der Waals surface area (Å²) >= 11 is 0. The quantitative estimate of drug-likeness (QED) is 0.261. The van der Waals surface area contributed by atoms with Crippen molar-refractivity contribution >= 4 is 29.9 Å². The van der Waals surface area contributed by atoms with E-state index in [0.717, 1.165) is 56.7 Å². The molecule has 0 spiro atoms. The van der Waals surface area contributed by atoms with Crippen LogP contribution in [0.1, 0.15) is 19.4 Å². The number of morpholine rings is 1. The van der Waals surface area contributed by atoms with Crippen LogP contribution in [0.2, 0.25) is 0 Å². The second-order valence-corrected chi connectivity index (χ2v) is 6.26. The lowest BCUT2D eigenvalue weighted by molar-refractivity contribution is 0.0220. The number of benzene rings is 1. The largest absolute Gasteiger partial charge is 0.491 e. The van der Waals surface area contributed by atoms with Crippen molar-refractivity contribution < 1.29 is 9.47 Å². The van der Waals surface area contributed by atoms with Gasteiger partial charge in [0.25, 0.3) is 0 Å². The van der Waals surface area contributed by atoms with E-state index in [0.29, 0.717) is 19.2 Å². The molecule has 1 aromatic rings. The lowest BCUT2D eigenvalue weighted by Crippen LogP contribution is -2.45. The molecular weight excluding hydrogens is 443 g/mol. The zero-order valence-electron chi connectivity index (χ0n) is 16.2. The molecule has 1 atom stereocenters. The van der Waals surface area contributed by atoms with Crippen LogP contribution in [0.4, 0.5) is 0 Å². The molecule has 148 valence electrons. The van der Waals surface area contributed by atoms with Crippen LogP contribution >= 0.6 is 24.0 Å². The fraction of sp³-hybridized carbons (Fsp3) is 0.632. The highest BCUT2D eigenvalue weighted by Crippen LogP contribution is 2.15. The van der Waals surface area contributed by atoms with E-state index in [9.17, 15) is 0 Å². The Morgan fingerprint density at radius 1 is 1.27 bits per heavy atom. The first-order chi connectivity index (χ1) is 12.2. The molecule has 2 N–H and O–H groups in total. The van der Waals surface area contributed by atoms with Crippen LogP contribution in [-0.2, 0) is 4.74 Å². The summed E-state index contributed by atoms with van der Waals surface area (Å²) in [5.74, 6) is 1.78. The van der Waals surface area contributed by atoms with Gasteiger partial charge in [-0.25, -0.2) is 0 Å². The normalized spacial score (nSPS) is 16.5. The zero-order chi connectivity index (χ0) is 17.9. The number of aryl methyl sites for hydroxylation is 1. The maximum Gasteiger partial charge on any atom is 0.191 e. The van der Waals surface area contributed by atoms with E-state index < -0.39 is 0 Å². The maximum absolute atomic E-state index is 5.82. The van der Waals surface area contributed by atoms with Crippen molar-refractivity contribution in [3.63, 3.8) is 0 Å². The first kappa shape index (κ1) is 23.0. The summed E-state index contributed by atoms with van der Waals surface area (Å²) in [6.07, 6.45) is 0. The molecule has 1 aliphatic rings. The van der Waals surface area contributed by atoms with Gasteiger partial charge < -0.3 is 20.1 Å². The molecule has 7 heteroatoms. The van der Waals surface area contributed by atoms with E-state index in [4.69, 9.17) is 14.5 Å². The SMILES string of the molecule is CCNC(=NCC(C)N1CCOCC1)NCCOc1ccccc1C.I. The lowest BCUT2D eigenvalue weighted by Gasteiger charge is -2.31. The van der Waals surface area contributed by atoms with Crippen LogP contribution < -0.4 is 15.4 Å². The summed E-state index contributed by atoms with van der Waals surface area (Å²) in [6.45, 7) is 12.9. The van der Waals surface area contributed by atoms with Gasteiger partial charge in [0.1, 0.15) is 12.4 Å². The number of hydrogen-bond acceptors (Lipinski definition) is 4. The number of guanidine groups is 1. The standard InChI is InChI=1S/C19H32N4O2.HI/c1-4-20-19(22-15-17(3)23-10-13-24-14-11-23)21-9-12-25-18-8-6-5-7-16(18)2;/h5-8,17H,4,9-15H2,1-3H3,(H2,20,21,22);1H. The molecule has 1 unspecified atom stereocenters. The second-order valence-electron chi connectivity index (χ2n) is 6.26. The highest BCUT2D eigenvalue weighted by molar-refractivity contribution is 14.0. The number of rotatable bonds is 8. The van der Waals surface area contributed by atoms with Crippen molar-refractivity contribution in [2.75, 3.05) is 52.5 Å². The van der Waals surface area contributed by atoms with Crippen LogP contribution in [0.25, 0.3) is 0 Å². The molecule has 26 heavy (non-hydrogen) atoms. The Morgan fingerprint density at radius 2 is 2.00 bits per heavy atom. The van der Waals surface area contributed by atoms with Gasteiger partial charge in [0.2, 0.25) is 0 Å². The molecule has 1 saturated heterocycles. The van der Waals surface area contributed by atoms with Gasteiger partial charge >= 0.3 is 0 Å². The number of nitrogens with zero attached hydrogens (tertiary/aromatic N) is 2. The second kappa shape index (κ2) is 13.2. The Morgan fingerprint density at radius 3 is 2.69 bits per heavy atom. The van der Waals surface area contributed by atoms with Crippen molar-refractivity contribution in [3.05, 3.63) is 29.8 Å². The van der Waals surface area contributed by atoms with Crippen molar-refractivity contribution in [2.45, 2.75) is 26.8 Å². The molecule has 0 amide bonds. The minimum absolute atomic E-state index is 0. The minimum Gasteiger partial charge on any atom is -0.491 e. The third kappa shape index (κ3) is 8.09. The molecule has 6 nitrogen and oxygen atoms in total. The van der Waals surface area contributed by atoms with Crippen molar-refractivity contribution in [3.8, 4) is 5.75 Å². The third-order valence-electron chi connectivity index (χ3n) is 4.27. The molecule has 1 fully saturated rings. The van der Waals surface area contributed by atoms with E-state index in [-0.39, 0.29) is 24.0 Å².